The van der Waals surface area contributed by atoms with Crippen LogP contribution in [0.4, 0.5) is 8.78 Å². The van der Waals surface area contributed by atoms with E-state index in [1.807, 2.05) is 6.07 Å². The van der Waals surface area contributed by atoms with E-state index in [0.717, 1.165) is 29.8 Å². The summed E-state index contributed by atoms with van der Waals surface area (Å²) in [5.41, 5.74) is 7.08. The Balaban J connectivity index is 1.50. The Morgan fingerprint density at radius 3 is 2.63 bits per heavy atom. The van der Waals surface area contributed by atoms with E-state index in [2.05, 4.69) is 34.0 Å². The van der Waals surface area contributed by atoms with Gasteiger partial charge in [0.15, 0.2) is 0 Å². The van der Waals surface area contributed by atoms with Gasteiger partial charge in [-0.3, -0.25) is 9.36 Å². The maximum Gasteiger partial charge on any atom is 0.268 e. The van der Waals surface area contributed by atoms with Gasteiger partial charge in [-0.2, -0.15) is 5.10 Å². The fourth-order valence-corrected chi connectivity index (χ4v) is 6.03. The van der Waals surface area contributed by atoms with Gasteiger partial charge in [0, 0.05) is 12.4 Å². The van der Waals surface area contributed by atoms with Gasteiger partial charge in [-0.25, -0.2) is 23.7 Å². The third-order valence-electron chi connectivity index (χ3n) is 7.75. The van der Waals surface area contributed by atoms with Crippen LogP contribution in [0.1, 0.15) is 60.0 Å². The second-order valence-electron chi connectivity index (χ2n) is 9.62. The number of primary amides is 1. The maximum atomic E-state index is 14.5. The first-order chi connectivity index (χ1) is 16.7. The number of hydrogen-bond acceptors (Lipinski definition) is 6. The molecule has 3 aromatic heterocycles. The predicted molar refractivity (Wildman–Crippen MR) is 122 cm³/mol. The number of carbonyl (C=O) groups is 1. The maximum absolute atomic E-state index is 14.5. The van der Waals surface area contributed by atoms with Gasteiger partial charge in [0.25, 0.3) is 5.91 Å². The Labute approximate surface area is 199 Å². The summed E-state index contributed by atoms with van der Waals surface area (Å²) in [6.45, 7) is 4.33. The van der Waals surface area contributed by atoms with Gasteiger partial charge in [-0.15, -0.1) is 5.10 Å². The SMILES string of the molecule is CC1(C)[C@H]2CC[C@]1(c1ccnc(-n3cnc(C(N)=O)c3)n1)c1nnc(-c3c(F)cccc3F)cc12. The first kappa shape index (κ1) is 21.5. The van der Waals surface area contributed by atoms with Crippen molar-refractivity contribution in [1.29, 1.82) is 0 Å². The minimum absolute atomic E-state index is 0.114. The number of halogens is 2. The van der Waals surface area contributed by atoms with Crippen LogP contribution < -0.4 is 5.73 Å². The quantitative estimate of drug-likeness (QED) is 0.484. The molecule has 8 nitrogen and oxygen atoms in total. The number of amides is 1. The predicted octanol–water partition coefficient (Wildman–Crippen LogP) is 3.70. The molecule has 6 rings (SSSR count). The molecule has 1 amide bonds. The Morgan fingerprint density at radius 1 is 1.14 bits per heavy atom. The average Bonchev–Trinajstić information content (AvgIpc) is 3.48. The van der Waals surface area contributed by atoms with Crippen LogP contribution in [0.3, 0.4) is 0 Å². The minimum atomic E-state index is -0.674. The molecule has 2 bridgehead atoms. The van der Waals surface area contributed by atoms with Gasteiger partial charge in [0.05, 0.1) is 28.1 Å². The first-order valence-corrected chi connectivity index (χ1v) is 11.2. The topological polar surface area (TPSA) is 112 Å². The van der Waals surface area contributed by atoms with Crippen LogP contribution in [0.15, 0.2) is 49.1 Å². The van der Waals surface area contributed by atoms with Crippen molar-refractivity contribution in [3.8, 4) is 17.2 Å². The fourth-order valence-electron chi connectivity index (χ4n) is 6.03. The largest absolute Gasteiger partial charge is 0.364 e. The van der Waals surface area contributed by atoms with Crippen molar-refractivity contribution in [2.75, 3.05) is 0 Å². The zero-order valence-corrected chi connectivity index (χ0v) is 19.0. The summed E-state index contributed by atoms with van der Waals surface area (Å²) in [5, 5.41) is 8.81. The number of hydrogen-bond donors (Lipinski definition) is 1. The van der Waals surface area contributed by atoms with Crippen molar-refractivity contribution >= 4 is 5.91 Å². The molecule has 0 saturated heterocycles. The minimum Gasteiger partial charge on any atom is -0.364 e. The summed E-state index contributed by atoms with van der Waals surface area (Å²) in [6, 6.07) is 7.39. The zero-order valence-electron chi connectivity index (χ0n) is 19.0. The van der Waals surface area contributed by atoms with Gasteiger partial charge in [0.2, 0.25) is 5.95 Å². The molecule has 0 aliphatic heterocycles. The molecule has 176 valence electrons. The normalized spacial score (nSPS) is 21.8. The van der Waals surface area contributed by atoms with Crippen molar-refractivity contribution in [1.82, 2.24) is 29.7 Å². The number of rotatable bonds is 4. The highest BCUT2D eigenvalue weighted by Gasteiger charge is 2.65. The molecular weight excluding hydrogens is 452 g/mol. The number of carbonyl (C=O) groups excluding carboxylic acids is 1. The van der Waals surface area contributed by atoms with Crippen LogP contribution in [0.25, 0.3) is 17.2 Å². The lowest BCUT2D eigenvalue weighted by Crippen LogP contribution is -2.38. The smallest absolute Gasteiger partial charge is 0.268 e. The Morgan fingerprint density at radius 2 is 1.91 bits per heavy atom. The van der Waals surface area contributed by atoms with Crippen molar-refractivity contribution in [2.24, 2.45) is 11.1 Å². The Kier molecular flexibility index (Phi) is 4.42. The third-order valence-corrected chi connectivity index (χ3v) is 7.75. The molecule has 3 heterocycles. The molecule has 0 radical (unpaired) electrons. The van der Waals surface area contributed by atoms with Crippen LogP contribution in [-0.4, -0.2) is 35.6 Å². The standard InChI is InChI=1S/C25H21F2N7O/c1-24(2)14-6-8-25(24,19-7-9-29-23(31-19)34-11-18(22(28)35)30-12-34)21-13(14)10-17(32-33-21)20-15(26)4-3-5-16(20)27/h3-5,7,9-12,14H,6,8H2,1-2H3,(H2,28,35)/t14-,25-/m0/s1. The highest BCUT2D eigenvalue weighted by Crippen LogP contribution is 2.69. The molecule has 2 N–H and O–H groups in total. The van der Waals surface area contributed by atoms with Gasteiger partial charge >= 0.3 is 0 Å². The summed E-state index contributed by atoms with van der Waals surface area (Å²) < 4.78 is 30.5. The van der Waals surface area contributed by atoms with Crippen molar-refractivity contribution < 1.29 is 13.6 Å². The van der Waals surface area contributed by atoms with Crippen molar-refractivity contribution in [3.63, 3.8) is 0 Å². The molecule has 2 aliphatic carbocycles. The number of aromatic nitrogens is 6. The van der Waals surface area contributed by atoms with Crippen molar-refractivity contribution in [2.45, 2.75) is 38.0 Å². The molecule has 1 aromatic carbocycles. The van der Waals surface area contributed by atoms with E-state index in [4.69, 9.17) is 10.7 Å². The highest BCUT2D eigenvalue weighted by atomic mass is 19.1. The lowest BCUT2D eigenvalue weighted by molar-refractivity contribution is 0.0996. The number of benzene rings is 1. The van der Waals surface area contributed by atoms with Crippen LogP contribution >= 0.6 is 0 Å². The number of imidazole rings is 1. The third kappa shape index (κ3) is 2.82. The second kappa shape index (κ2) is 7.21. The lowest BCUT2D eigenvalue weighted by atomic mass is 9.66. The van der Waals surface area contributed by atoms with Crippen molar-refractivity contribution in [3.05, 3.63) is 83.3 Å². The van der Waals surface area contributed by atoms with Gasteiger partial charge in [0.1, 0.15) is 23.7 Å². The molecule has 2 atom stereocenters. The number of fused-ring (bicyclic) bond motifs is 5. The Bertz CT molecular complexity index is 1500. The average molecular weight is 473 g/mol. The van der Waals surface area contributed by atoms with Crippen LogP contribution in [0.2, 0.25) is 0 Å². The monoisotopic (exact) mass is 473 g/mol. The second-order valence-corrected chi connectivity index (χ2v) is 9.62. The molecule has 1 fully saturated rings. The molecule has 2 aliphatic rings. The van der Waals surface area contributed by atoms with Gasteiger partial charge in [-0.1, -0.05) is 19.9 Å². The molecule has 1 saturated carbocycles. The Hall–Kier alpha value is -4.08. The summed E-state index contributed by atoms with van der Waals surface area (Å²) in [6.07, 6.45) is 6.26. The van der Waals surface area contributed by atoms with E-state index in [1.165, 1.54) is 30.7 Å². The molecule has 35 heavy (non-hydrogen) atoms. The molecule has 0 spiro atoms. The summed E-state index contributed by atoms with van der Waals surface area (Å²) in [4.78, 5) is 24.7. The first-order valence-electron chi connectivity index (χ1n) is 11.2. The molecule has 4 aromatic rings. The number of nitrogens with zero attached hydrogens (tertiary/aromatic N) is 6. The van der Waals surface area contributed by atoms with Crippen LogP contribution in [0.5, 0.6) is 0 Å². The zero-order chi connectivity index (χ0) is 24.5. The van der Waals surface area contributed by atoms with Crippen LogP contribution in [0, 0.1) is 17.0 Å². The lowest BCUT2D eigenvalue weighted by Gasteiger charge is -2.37. The molecular formula is C25H21F2N7O. The molecule has 0 unspecified atom stereocenters. The van der Waals surface area contributed by atoms with E-state index in [1.54, 1.807) is 16.8 Å². The highest BCUT2D eigenvalue weighted by molar-refractivity contribution is 5.90. The summed E-state index contributed by atoms with van der Waals surface area (Å²) >= 11 is 0. The fraction of sp³-hybridized carbons (Fsp3) is 0.280. The van der Waals surface area contributed by atoms with Gasteiger partial charge in [-0.05, 0) is 54.0 Å². The molecule has 10 heteroatoms. The van der Waals surface area contributed by atoms with E-state index < -0.39 is 23.0 Å². The summed E-state index contributed by atoms with van der Waals surface area (Å²) in [5.74, 6) is -1.52. The number of nitrogens with two attached hydrogens (primary N) is 1. The van der Waals surface area contributed by atoms with E-state index in [9.17, 15) is 13.6 Å². The summed E-state index contributed by atoms with van der Waals surface area (Å²) in [7, 11) is 0. The van der Waals surface area contributed by atoms with Crippen LogP contribution in [-0.2, 0) is 5.41 Å². The van der Waals surface area contributed by atoms with E-state index in [-0.39, 0.29) is 28.3 Å². The van der Waals surface area contributed by atoms with E-state index >= 15 is 0 Å². The van der Waals surface area contributed by atoms with E-state index in [0.29, 0.717) is 5.95 Å². The van der Waals surface area contributed by atoms with Gasteiger partial charge < -0.3 is 5.73 Å².